The normalized spacial score (nSPS) is 10.9. The molecule has 0 saturated heterocycles. The fourth-order valence-corrected chi connectivity index (χ4v) is 3.71. The van der Waals surface area contributed by atoms with Gasteiger partial charge in [-0.1, -0.05) is 49.4 Å². The molecule has 31 heavy (non-hydrogen) atoms. The maximum atomic E-state index is 13.1. The highest BCUT2D eigenvalue weighted by Gasteiger charge is 2.19. The van der Waals surface area contributed by atoms with Crippen LogP contribution in [0.4, 0.5) is 0 Å². The molecule has 0 aliphatic carbocycles. The summed E-state index contributed by atoms with van der Waals surface area (Å²) >= 11 is 5.23. The molecule has 4 aromatic rings. The molecule has 0 unspecified atom stereocenters. The SMILES string of the molecule is CCc1ccc(-c2nn(-c3ccccc3)cc2C(=O)NCc2n[nH]c(=S)n2CC)cc1. The van der Waals surface area contributed by atoms with Crippen LogP contribution in [-0.4, -0.2) is 30.5 Å². The Bertz CT molecular complexity index is 1240. The highest BCUT2D eigenvalue weighted by molar-refractivity contribution is 7.71. The second-order valence-corrected chi connectivity index (χ2v) is 7.48. The number of hydrogen-bond donors (Lipinski definition) is 2. The Morgan fingerprint density at radius 2 is 1.84 bits per heavy atom. The molecule has 0 fully saturated rings. The van der Waals surface area contributed by atoms with Crippen molar-refractivity contribution in [2.45, 2.75) is 33.4 Å². The largest absolute Gasteiger partial charge is 0.345 e. The molecule has 0 aliphatic heterocycles. The quantitative estimate of drug-likeness (QED) is 0.427. The summed E-state index contributed by atoms with van der Waals surface area (Å²) in [5, 5.41) is 14.7. The van der Waals surface area contributed by atoms with Crippen molar-refractivity contribution in [2.24, 2.45) is 0 Å². The Morgan fingerprint density at radius 1 is 1.10 bits per heavy atom. The van der Waals surface area contributed by atoms with Gasteiger partial charge in [-0.05, 0) is 43.3 Å². The van der Waals surface area contributed by atoms with E-state index >= 15 is 0 Å². The summed E-state index contributed by atoms with van der Waals surface area (Å²) < 4.78 is 4.13. The Morgan fingerprint density at radius 3 is 2.52 bits per heavy atom. The van der Waals surface area contributed by atoms with Crippen LogP contribution in [-0.2, 0) is 19.5 Å². The zero-order valence-electron chi connectivity index (χ0n) is 17.5. The van der Waals surface area contributed by atoms with E-state index in [2.05, 4.69) is 34.6 Å². The zero-order chi connectivity index (χ0) is 21.8. The first-order valence-electron chi connectivity index (χ1n) is 10.3. The number of nitrogens with zero attached hydrogens (tertiary/aromatic N) is 4. The maximum absolute atomic E-state index is 13.1. The van der Waals surface area contributed by atoms with Crippen LogP contribution in [0.25, 0.3) is 16.9 Å². The Hall–Kier alpha value is -3.52. The fourth-order valence-electron chi connectivity index (χ4n) is 3.43. The number of para-hydroxylation sites is 1. The van der Waals surface area contributed by atoms with Crippen molar-refractivity contribution >= 4 is 18.1 Å². The number of H-pyrrole nitrogens is 1. The van der Waals surface area contributed by atoms with E-state index in [0.29, 0.717) is 28.4 Å². The summed E-state index contributed by atoms with van der Waals surface area (Å²) in [7, 11) is 0. The van der Waals surface area contributed by atoms with Gasteiger partial charge >= 0.3 is 0 Å². The third-order valence-electron chi connectivity index (χ3n) is 5.18. The summed E-state index contributed by atoms with van der Waals surface area (Å²) in [6, 6.07) is 17.9. The minimum absolute atomic E-state index is 0.215. The second-order valence-electron chi connectivity index (χ2n) is 7.09. The molecule has 1 amide bonds. The van der Waals surface area contributed by atoms with Gasteiger partial charge in [0.05, 0.1) is 17.8 Å². The summed E-state index contributed by atoms with van der Waals surface area (Å²) in [6.07, 6.45) is 2.72. The topological polar surface area (TPSA) is 80.5 Å². The second kappa shape index (κ2) is 9.09. The Kier molecular flexibility index (Phi) is 6.08. The lowest BCUT2D eigenvalue weighted by atomic mass is 10.0. The number of benzene rings is 2. The van der Waals surface area contributed by atoms with Crippen LogP contribution in [0.1, 0.15) is 35.6 Å². The lowest BCUT2D eigenvalue weighted by Gasteiger charge is -2.07. The first-order valence-corrected chi connectivity index (χ1v) is 10.7. The van der Waals surface area contributed by atoms with Crippen molar-refractivity contribution in [1.82, 2.24) is 29.9 Å². The van der Waals surface area contributed by atoms with E-state index in [1.807, 2.05) is 54.0 Å². The third-order valence-corrected chi connectivity index (χ3v) is 5.49. The number of aryl methyl sites for hydroxylation is 1. The number of hydrogen-bond acceptors (Lipinski definition) is 4. The molecule has 158 valence electrons. The van der Waals surface area contributed by atoms with Crippen molar-refractivity contribution in [3.63, 3.8) is 0 Å². The number of aromatic amines is 1. The zero-order valence-corrected chi connectivity index (χ0v) is 18.3. The Balaban J connectivity index is 1.67. The molecule has 8 heteroatoms. The summed E-state index contributed by atoms with van der Waals surface area (Å²) in [6.45, 7) is 5.05. The van der Waals surface area contributed by atoms with Gasteiger partial charge in [0.1, 0.15) is 5.69 Å². The fraction of sp³-hybridized carbons (Fsp3) is 0.217. The maximum Gasteiger partial charge on any atom is 0.255 e. The highest BCUT2D eigenvalue weighted by atomic mass is 32.1. The van der Waals surface area contributed by atoms with Gasteiger partial charge in [0.25, 0.3) is 5.91 Å². The number of amides is 1. The van der Waals surface area contributed by atoms with E-state index in [9.17, 15) is 4.79 Å². The average molecular weight is 433 g/mol. The monoisotopic (exact) mass is 432 g/mol. The Labute approximate surface area is 185 Å². The third kappa shape index (κ3) is 4.34. The number of aromatic nitrogens is 5. The standard InChI is InChI=1S/C23H24N6OS/c1-3-16-10-12-17(13-11-16)21-19(15-29(27-21)18-8-6-5-7-9-18)22(30)24-14-20-25-26-23(31)28(20)4-2/h5-13,15H,3-4,14H2,1-2H3,(H,24,30)(H,26,31). The van der Waals surface area contributed by atoms with Gasteiger partial charge in [0, 0.05) is 18.3 Å². The van der Waals surface area contributed by atoms with Crippen LogP contribution in [0.3, 0.4) is 0 Å². The van der Waals surface area contributed by atoms with E-state index in [-0.39, 0.29) is 12.5 Å². The van der Waals surface area contributed by atoms with Crippen LogP contribution in [0, 0.1) is 4.77 Å². The van der Waals surface area contributed by atoms with E-state index in [0.717, 1.165) is 17.7 Å². The number of nitrogens with one attached hydrogen (secondary N) is 2. The molecule has 2 heterocycles. The van der Waals surface area contributed by atoms with Gasteiger partial charge in [-0.25, -0.2) is 4.68 Å². The average Bonchev–Trinajstić information content (AvgIpc) is 3.42. The molecule has 2 aromatic heterocycles. The lowest BCUT2D eigenvalue weighted by Crippen LogP contribution is -2.25. The summed E-state index contributed by atoms with van der Waals surface area (Å²) in [5.41, 5.74) is 4.16. The van der Waals surface area contributed by atoms with Crippen molar-refractivity contribution < 1.29 is 4.79 Å². The van der Waals surface area contributed by atoms with Crippen LogP contribution in [0.2, 0.25) is 0 Å². The molecule has 0 aliphatic rings. The number of rotatable bonds is 7. The minimum atomic E-state index is -0.215. The van der Waals surface area contributed by atoms with Crippen LogP contribution in [0.5, 0.6) is 0 Å². The van der Waals surface area contributed by atoms with Gasteiger partial charge < -0.3 is 9.88 Å². The van der Waals surface area contributed by atoms with Crippen LogP contribution >= 0.6 is 12.2 Å². The van der Waals surface area contributed by atoms with Crippen molar-refractivity contribution in [2.75, 3.05) is 0 Å². The number of carbonyl (C=O) groups excluding carboxylic acids is 1. The van der Waals surface area contributed by atoms with Crippen LogP contribution < -0.4 is 5.32 Å². The van der Waals surface area contributed by atoms with Gasteiger partial charge in [0.2, 0.25) is 0 Å². The summed E-state index contributed by atoms with van der Waals surface area (Å²) in [4.78, 5) is 13.1. The first-order chi connectivity index (χ1) is 15.1. The molecule has 4 rings (SSSR count). The van der Waals surface area contributed by atoms with Crippen molar-refractivity contribution in [1.29, 1.82) is 0 Å². The minimum Gasteiger partial charge on any atom is -0.345 e. The van der Waals surface area contributed by atoms with Gasteiger partial charge in [-0.15, -0.1) is 0 Å². The molecule has 0 radical (unpaired) electrons. The highest BCUT2D eigenvalue weighted by Crippen LogP contribution is 2.24. The number of carbonyl (C=O) groups is 1. The molecule has 0 saturated carbocycles. The summed E-state index contributed by atoms with van der Waals surface area (Å²) in [5.74, 6) is 0.471. The lowest BCUT2D eigenvalue weighted by molar-refractivity contribution is 0.0950. The molecular weight excluding hydrogens is 408 g/mol. The molecule has 0 spiro atoms. The smallest absolute Gasteiger partial charge is 0.255 e. The molecule has 0 atom stereocenters. The van der Waals surface area contributed by atoms with Crippen molar-refractivity contribution in [3.8, 4) is 16.9 Å². The predicted octanol–water partition coefficient (Wildman–Crippen LogP) is 4.31. The molecule has 7 nitrogen and oxygen atoms in total. The van der Waals surface area contributed by atoms with Crippen molar-refractivity contribution in [3.05, 3.63) is 82.5 Å². The molecular formula is C23H24N6OS. The van der Waals surface area contributed by atoms with E-state index < -0.39 is 0 Å². The first kappa shape index (κ1) is 20.7. The predicted molar refractivity (Wildman–Crippen MR) is 123 cm³/mol. The van der Waals surface area contributed by atoms with Gasteiger partial charge in [-0.3, -0.25) is 9.89 Å². The van der Waals surface area contributed by atoms with Gasteiger partial charge in [-0.2, -0.15) is 10.2 Å². The van der Waals surface area contributed by atoms with E-state index in [4.69, 9.17) is 17.3 Å². The van der Waals surface area contributed by atoms with Gasteiger partial charge in [0.15, 0.2) is 10.6 Å². The molecule has 2 N–H and O–H groups in total. The van der Waals surface area contributed by atoms with E-state index in [1.165, 1.54) is 5.56 Å². The molecule has 0 bridgehead atoms. The van der Waals surface area contributed by atoms with E-state index in [1.54, 1.807) is 10.9 Å². The van der Waals surface area contributed by atoms with Crippen LogP contribution in [0.15, 0.2) is 60.8 Å². The molecule has 2 aromatic carbocycles.